The van der Waals surface area contributed by atoms with Gasteiger partial charge in [-0.1, -0.05) is 20.3 Å². The number of rotatable bonds is 6. The lowest BCUT2D eigenvalue weighted by Gasteiger charge is -2.34. The summed E-state index contributed by atoms with van der Waals surface area (Å²) in [5.41, 5.74) is 0. The molecule has 0 bridgehead atoms. The smallest absolute Gasteiger partial charge is 0.191 e. The Hall–Kier alpha value is -0.770. The molecule has 0 radical (unpaired) electrons. The second kappa shape index (κ2) is 9.18. The van der Waals surface area contributed by atoms with Crippen LogP contribution in [0, 0.1) is 0 Å². The summed E-state index contributed by atoms with van der Waals surface area (Å²) in [6, 6.07) is 1.11. The first-order valence-corrected chi connectivity index (χ1v) is 8.00. The highest BCUT2D eigenvalue weighted by Gasteiger charge is 2.20. The van der Waals surface area contributed by atoms with Crippen LogP contribution in [0.1, 0.15) is 53.4 Å². The Kier molecular flexibility index (Phi) is 7.87. The standard InChI is InChI=1S/C15H32N4/c1-5-13(4)18-15(16-6-2)17-12-14-10-8-9-11-19(14)7-3/h13-14H,5-12H2,1-4H3,(H2,16,17,18). The summed E-state index contributed by atoms with van der Waals surface area (Å²) in [6.45, 7) is 13.0. The third kappa shape index (κ3) is 5.81. The summed E-state index contributed by atoms with van der Waals surface area (Å²) in [4.78, 5) is 7.35. The molecular weight excluding hydrogens is 236 g/mol. The number of aliphatic imine (C=N–C) groups is 1. The zero-order valence-corrected chi connectivity index (χ0v) is 13.2. The quantitative estimate of drug-likeness (QED) is 0.573. The van der Waals surface area contributed by atoms with Gasteiger partial charge in [0.15, 0.2) is 5.96 Å². The Balaban J connectivity index is 2.52. The molecule has 0 aromatic heterocycles. The summed E-state index contributed by atoms with van der Waals surface area (Å²) in [5, 5.41) is 6.80. The minimum atomic E-state index is 0.478. The molecule has 1 rings (SSSR count). The lowest BCUT2D eigenvalue weighted by Crippen LogP contribution is -2.44. The van der Waals surface area contributed by atoms with E-state index in [9.17, 15) is 0 Å². The summed E-state index contributed by atoms with van der Waals surface area (Å²) in [5.74, 6) is 0.971. The maximum Gasteiger partial charge on any atom is 0.191 e. The molecule has 4 heteroatoms. The minimum absolute atomic E-state index is 0.478. The predicted molar refractivity (Wildman–Crippen MR) is 83.8 cm³/mol. The van der Waals surface area contributed by atoms with Gasteiger partial charge in [-0.05, 0) is 46.2 Å². The second-order valence-corrected chi connectivity index (χ2v) is 5.45. The molecular formula is C15H32N4. The van der Waals surface area contributed by atoms with Crippen molar-refractivity contribution in [3.05, 3.63) is 0 Å². The number of hydrogen-bond acceptors (Lipinski definition) is 2. The van der Waals surface area contributed by atoms with Gasteiger partial charge in [0.25, 0.3) is 0 Å². The summed E-state index contributed by atoms with van der Waals surface area (Å²) >= 11 is 0. The van der Waals surface area contributed by atoms with E-state index >= 15 is 0 Å². The van der Waals surface area contributed by atoms with Gasteiger partial charge in [-0.2, -0.15) is 0 Å². The van der Waals surface area contributed by atoms with Crippen LogP contribution in [-0.2, 0) is 0 Å². The lowest BCUT2D eigenvalue weighted by molar-refractivity contribution is 0.161. The molecule has 0 aliphatic carbocycles. The fraction of sp³-hybridized carbons (Fsp3) is 0.933. The minimum Gasteiger partial charge on any atom is -0.357 e. The fourth-order valence-corrected chi connectivity index (χ4v) is 2.54. The van der Waals surface area contributed by atoms with Gasteiger partial charge in [0.1, 0.15) is 0 Å². The zero-order chi connectivity index (χ0) is 14.1. The first-order valence-electron chi connectivity index (χ1n) is 8.00. The van der Waals surface area contributed by atoms with E-state index < -0.39 is 0 Å². The van der Waals surface area contributed by atoms with E-state index in [1.807, 2.05) is 0 Å². The van der Waals surface area contributed by atoms with Crippen molar-refractivity contribution >= 4 is 5.96 Å². The van der Waals surface area contributed by atoms with Gasteiger partial charge < -0.3 is 10.6 Å². The van der Waals surface area contributed by atoms with Crippen molar-refractivity contribution in [2.75, 3.05) is 26.2 Å². The highest BCUT2D eigenvalue weighted by Crippen LogP contribution is 2.16. The molecule has 0 saturated carbocycles. The van der Waals surface area contributed by atoms with Crippen LogP contribution in [-0.4, -0.2) is 49.1 Å². The van der Waals surface area contributed by atoms with Crippen LogP contribution in [0.5, 0.6) is 0 Å². The van der Waals surface area contributed by atoms with Crippen molar-refractivity contribution in [3.8, 4) is 0 Å². The highest BCUT2D eigenvalue weighted by molar-refractivity contribution is 5.80. The average Bonchev–Trinajstić information content (AvgIpc) is 2.45. The molecule has 1 fully saturated rings. The van der Waals surface area contributed by atoms with E-state index in [1.165, 1.54) is 25.8 Å². The van der Waals surface area contributed by atoms with E-state index in [0.29, 0.717) is 12.1 Å². The molecule has 1 heterocycles. The van der Waals surface area contributed by atoms with Crippen LogP contribution in [0.3, 0.4) is 0 Å². The number of likely N-dealkylation sites (N-methyl/N-ethyl adjacent to an activating group) is 1. The second-order valence-electron chi connectivity index (χ2n) is 5.45. The molecule has 19 heavy (non-hydrogen) atoms. The molecule has 2 atom stereocenters. The van der Waals surface area contributed by atoms with Crippen LogP contribution in [0.15, 0.2) is 4.99 Å². The van der Waals surface area contributed by atoms with Crippen molar-refractivity contribution in [3.63, 3.8) is 0 Å². The monoisotopic (exact) mass is 268 g/mol. The van der Waals surface area contributed by atoms with E-state index in [4.69, 9.17) is 4.99 Å². The Labute approximate surface area is 119 Å². The molecule has 0 aromatic rings. The Morgan fingerprint density at radius 2 is 2.11 bits per heavy atom. The molecule has 1 aliphatic heterocycles. The van der Waals surface area contributed by atoms with Gasteiger partial charge >= 0.3 is 0 Å². The topological polar surface area (TPSA) is 39.7 Å². The maximum absolute atomic E-state index is 4.78. The van der Waals surface area contributed by atoms with Crippen LogP contribution >= 0.6 is 0 Å². The molecule has 1 aliphatic rings. The molecule has 1 saturated heterocycles. The van der Waals surface area contributed by atoms with Gasteiger partial charge in [0.05, 0.1) is 6.54 Å². The van der Waals surface area contributed by atoms with Crippen molar-refractivity contribution in [2.24, 2.45) is 4.99 Å². The van der Waals surface area contributed by atoms with E-state index in [1.54, 1.807) is 0 Å². The average molecular weight is 268 g/mol. The Morgan fingerprint density at radius 1 is 1.32 bits per heavy atom. The number of nitrogens with one attached hydrogen (secondary N) is 2. The first kappa shape index (κ1) is 16.3. The third-order valence-electron chi connectivity index (χ3n) is 3.96. The van der Waals surface area contributed by atoms with E-state index in [-0.39, 0.29) is 0 Å². The van der Waals surface area contributed by atoms with Gasteiger partial charge in [0, 0.05) is 18.6 Å². The van der Waals surface area contributed by atoms with Crippen LogP contribution in [0.2, 0.25) is 0 Å². The summed E-state index contributed by atoms with van der Waals surface area (Å²) < 4.78 is 0. The maximum atomic E-state index is 4.78. The van der Waals surface area contributed by atoms with Crippen molar-refractivity contribution < 1.29 is 0 Å². The normalized spacial score (nSPS) is 23.2. The SMILES string of the molecule is CCNC(=NCC1CCCCN1CC)NC(C)CC. The molecule has 2 unspecified atom stereocenters. The Morgan fingerprint density at radius 3 is 2.74 bits per heavy atom. The summed E-state index contributed by atoms with van der Waals surface area (Å²) in [6.07, 6.45) is 5.11. The van der Waals surface area contributed by atoms with E-state index in [0.717, 1.165) is 32.0 Å². The van der Waals surface area contributed by atoms with Gasteiger partial charge in [-0.15, -0.1) is 0 Å². The van der Waals surface area contributed by atoms with Crippen LogP contribution < -0.4 is 10.6 Å². The first-order chi connectivity index (χ1) is 9.21. The van der Waals surface area contributed by atoms with Crippen molar-refractivity contribution in [2.45, 2.75) is 65.5 Å². The largest absolute Gasteiger partial charge is 0.357 e. The number of guanidine groups is 1. The Bertz CT molecular complexity index is 265. The fourth-order valence-electron chi connectivity index (χ4n) is 2.54. The summed E-state index contributed by atoms with van der Waals surface area (Å²) in [7, 11) is 0. The molecule has 0 spiro atoms. The highest BCUT2D eigenvalue weighted by atomic mass is 15.2. The number of likely N-dealkylation sites (tertiary alicyclic amines) is 1. The number of nitrogens with zero attached hydrogens (tertiary/aromatic N) is 2. The molecule has 0 amide bonds. The predicted octanol–water partition coefficient (Wildman–Crippen LogP) is 2.21. The van der Waals surface area contributed by atoms with E-state index in [2.05, 4.69) is 43.2 Å². The third-order valence-corrected chi connectivity index (χ3v) is 3.96. The lowest BCUT2D eigenvalue weighted by atomic mass is 10.0. The van der Waals surface area contributed by atoms with Crippen molar-refractivity contribution in [1.82, 2.24) is 15.5 Å². The van der Waals surface area contributed by atoms with Crippen molar-refractivity contribution in [1.29, 1.82) is 0 Å². The molecule has 112 valence electrons. The zero-order valence-electron chi connectivity index (χ0n) is 13.2. The van der Waals surface area contributed by atoms with Crippen LogP contribution in [0.4, 0.5) is 0 Å². The van der Waals surface area contributed by atoms with Gasteiger partial charge in [-0.3, -0.25) is 9.89 Å². The van der Waals surface area contributed by atoms with Crippen LogP contribution in [0.25, 0.3) is 0 Å². The number of hydrogen-bond donors (Lipinski definition) is 2. The molecule has 2 N–H and O–H groups in total. The van der Waals surface area contributed by atoms with Gasteiger partial charge in [-0.25, -0.2) is 0 Å². The molecule has 4 nitrogen and oxygen atoms in total. The number of piperidine rings is 1. The molecule has 0 aromatic carbocycles. The van der Waals surface area contributed by atoms with Gasteiger partial charge in [0.2, 0.25) is 0 Å².